The molecule has 2 nitrogen and oxygen atoms in total. The van der Waals surface area contributed by atoms with Gasteiger partial charge in [-0.2, -0.15) is 0 Å². The molecule has 0 amide bonds. The van der Waals surface area contributed by atoms with Crippen LogP contribution < -0.4 is 0 Å². The number of likely N-dealkylation sites (tertiary alicyclic amines) is 1. The van der Waals surface area contributed by atoms with Crippen LogP contribution in [0.2, 0.25) is 10.0 Å². The van der Waals surface area contributed by atoms with Crippen LogP contribution in [0, 0.1) is 0 Å². The molecule has 0 saturated carbocycles. The molecule has 1 heterocycles. The van der Waals surface area contributed by atoms with Gasteiger partial charge in [-0.15, -0.1) is 0 Å². The fourth-order valence-corrected chi connectivity index (χ4v) is 2.77. The zero-order chi connectivity index (χ0) is 13.2. The van der Waals surface area contributed by atoms with Gasteiger partial charge >= 0.3 is 0 Å². The van der Waals surface area contributed by atoms with Gasteiger partial charge in [-0.25, -0.2) is 0 Å². The largest absolute Gasteiger partial charge is 0.390 e. The lowest BCUT2D eigenvalue weighted by Gasteiger charge is -2.22. The summed E-state index contributed by atoms with van der Waals surface area (Å²) in [6, 6.07) is 5.75. The van der Waals surface area contributed by atoms with E-state index in [0.717, 1.165) is 44.5 Å². The normalized spacial score (nSPS) is 26.0. The summed E-state index contributed by atoms with van der Waals surface area (Å²) in [6.45, 7) is 4.62. The second-order valence-electron chi connectivity index (χ2n) is 5.34. The van der Waals surface area contributed by atoms with Gasteiger partial charge in [-0.1, -0.05) is 35.3 Å². The summed E-state index contributed by atoms with van der Waals surface area (Å²) in [4.78, 5) is 2.33. The molecular formula is C14H19Cl2NO. The average molecular weight is 288 g/mol. The van der Waals surface area contributed by atoms with Crippen LogP contribution in [-0.4, -0.2) is 28.7 Å². The maximum atomic E-state index is 10.1. The molecule has 1 aromatic carbocycles. The van der Waals surface area contributed by atoms with E-state index in [9.17, 15) is 5.11 Å². The Morgan fingerprint density at radius 2 is 2.06 bits per heavy atom. The van der Waals surface area contributed by atoms with E-state index in [1.54, 1.807) is 6.07 Å². The van der Waals surface area contributed by atoms with Crippen molar-refractivity contribution in [2.45, 2.75) is 38.3 Å². The van der Waals surface area contributed by atoms with Crippen molar-refractivity contribution in [3.05, 3.63) is 33.8 Å². The van der Waals surface area contributed by atoms with Gasteiger partial charge in [-0.05, 0) is 44.4 Å². The van der Waals surface area contributed by atoms with E-state index >= 15 is 0 Å². The van der Waals surface area contributed by atoms with Crippen LogP contribution in [0.5, 0.6) is 0 Å². The number of nitrogens with zero attached hydrogens (tertiary/aromatic N) is 1. The van der Waals surface area contributed by atoms with Crippen LogP contribution >= 0.6 is 23.2 Å². The van der Waals surface area contributed by atoms with Crippen LogP contribution in [0.15, 0.2) is 18.2 Å². The van der Waals surface area contributed by atoms with Gasteiger partial charge in [-0.3, -0.25) is 4.90 Å². The molecule has 1 atom stereocenters. The molecule has 18 heavy (non-hydrogen) atoms. The molecule has 1 fully saturated rings. The third kappa shape index (κ3) is 3.61. The van der Waals surface area contributed by atoms with Crippen molar-refractivity contribution in [3.8, 4) is 0 Å². The van der Waals surface area contributed by atoms with Crippen molar-refractivity contribution in [3.63, 3.8) is 0 Å². The second kappa shape index (κ2) is 5.79. The zero-order valence-electron chi connectivity index (χ0n) is 10.6. The van der Waals surface area contributed by atoms with Crippen LogP contribution in [0.1, 0.15) is 31.7 Å². The average Bonchev–Trinajstić information content (AvgIpc) is 2.47. The minimum atomic E-state index is -0.521. The maximum absolute atomic E-state index is 10.1. The lowest BCUT2D eigenvalue weighted by Crippen LogP contribution is -2.28. The minimum Gasteiger partial charge on any atom is -0.390 e. The van der Waals surface area contributed by atoms with E-state index in [-0.39, 0.29) is 0 Å². The molecule has 0 aliphatic carbocycles. The first-order chi connectivity index (χ1) is 8.48. The van der Waals surface area contributed by atoms with E-state index in [1.807, 2.05) is 19.1 Å². The smallest absolute Gasteiger partial charge is 0.0637 e. The third-order valence-electron chi connectivity index (χ3n) is 3.58. The Kier molecular flexibility index (Phi) is 4.54. The van der Waals surface area contributed by atoms with Crippen molar-refractivity contribution >= 4 is 23.2 Å². The predicted octanol–water partition coefficient (Wildman–Crippen LogP) is 3.73. The fourth-order valence-electron chi connectivity index (χ4n) is 2.39. The monoisotopic (exact) mass is 287 g/mol. The number of rotatable bonds is 2. The van der Waals surface area contributed by atoms with Crippen LogP contribution in [-0.2, 0) is 6.54 Å². The summed E-state index contributed by atoms with van der Waals surface area (Å²) < 4.78 is 0. The first-order valence-corrected chi connectivity index (χ1v) is 7.11. The summed E-state index contributed by atoms with van der Waals surface area (Å²) in [6.07, 6.45) is 2.70. The third-order valence-corrected chi connectivity index (χ3v) is 4.44. The summed E-state index contributed by atoms with van der Waals surface area (Å²) >= 11 is 12.2. The van der Waals surface area contributed by atoms with Crippen molar-refractivity contribution in [2.75, 3.05) is 13.1 Å². The molecule has 4 heteroatoms. The molecule has 0 spiro atoms. The second-order valence-corrected chi connectivity index (χ2v) is 6.12. The highest BCUT2D eigenvalue weighted by Gasteiger charge is 2.25. The van der Waals surface area contributed by atoms with E-state index in [4.69, 9.17) is 23.2 Å². The molecule has 100 valence electrons. The van der Waals surface area contributed by atoms with Gasteiger partial charge in [0.1, 0.15) is 0 Å². The summed E-state index contributed by atoms with van der Waals surface area (Å²) in [7, 11) is 0. The van der Waals surface area contributed by atoms with Gasteiger partial charge in [0.2, 0.25) is 0 Å². The van der Waals surface area contributed by atoms with Crippen molar-refractivity contribution < 1.29 is 5.11 Å². The maximum Gasteiger partial charge on any atom is 0.0637 e. The SMILES string of the molecule is CC1(O)CCCN(Cc2cccc(Cl)c2Cl)CC1. The number of benzene rings is 1. The summed E-state index contributed by atoms with van der Waals surface area (Å²) in [5.74, 6) is 0. The molecule has 1 N–H and O–H groups in total. The standard InChI is InChI=1S/C14H19Cl2NO/c1-14(18)6-3-8-17(9-7-14)10-11-4-2-5-12(15)13(11)16/h2,4-5,18H,3,6-10H2,1H3. The highest BCUT2D eigenvalue weighted by atomic mass is 35.5. The quantitative estimate of drug-likeness (QED) is 0.896. The number of halogens is 2. The van der Waals surface area contributed by atoms with Gasteiger partial charge in [0.15, 0.2) is 0 Å². The van der Waals surface area contributed by atoms with Crippen LogP contribution in [0.4, 0.5) is 0 Å². The first-order valence-electron chi connectivity index (χ1n) is 6.35. The van der Waals surface area contributed by atoms with E-state index in [2.05, 4.69) is 4.90 Å². The molecule has 0 aromatic heterocycles. The lowest BCUT2D eigenvalue weighted by molar-refractivity contribution is 0.0444. The highest BCUT2D eigenvalue weighted by molar-refractivity contribution is 6.42. The minimum absolute atomic E-state index is 0.521. The van der Waals surface area contributed by atoms with Crippen molar-refractivity contribution in [1.82, 2.24) is 4.90 Å². The molecule has 0 radical (unpaired) electrons. The van der Waals surface area contributed by atoms with Crippen LogP contribution in [0.3, 0.4) is 0 Å². The molecule has 1 aliphatic rings. The molecule has 2 rings (SSSR count). The Hall–Kier alpha value is -0.280. The number of hydrogen-bond donors (Lipinski definition) is 1. The Bertz CT molecular complexity index is 420. The van der Waals surface area contributed by atoms with Crippen molar-refractivity contribution in [1.29, 1.82) is 0 Å². The molecule has 1 unspecified atom stereocenters. The Labute approximate surface area is 119 Å². The van der Waals surface area contributed by atoms with E-state index in [1.165, 1.54) is 0 Å². The van der Waals surface area contributed by atoms with Gasteiger partial charge in [0.05, 0.1) is 15.6 Å². The number of hydrogen-bond acceptors (Lipinski definition) is 2. The predicted molar refractivity (Wildman–Crippen MR) is 76.2 cm³/mol. The van der Waals surface area contributed by atoms with Gasteiger partial charge in [0.25, 0.3) is 0 Å². The molecule has 1 aromatic rings. The van der Waals surface area contributed by atoms with E-state index < -0.39 is 5.60 Å². The summed E-state index contributed by atoms with van der Waals surface area (Å²) in [5.41, 5.74) is 0.540. The molecule has 1 saturated heterocycles. The Morgan fingerprint density at radius 1 is 1.28 bits per heavy atom. The Morgan fingerprint density at radius 3 is 2.83 bits per heavy atom. The molecular weight excluding hydrogens is 269 g/mol. The fraction of sp³-hybridized carbons (Fsp3) is 0.571. The Balaban J connectivity index is 2.03. The molecule has 1 aliphatic heterocycles. The van der Waals surface area contributed by atoms with Crippen molar-refractivity contribution in [2.24, 2.45) is 0 Å². The topological polar surface area (TPSA) is 23.5 Å². The van der Waals surface area contributed by atoms with Crippen LogP contribution in [0.25, 0.3) is 0 Å². The number of aliphatic hydroxyl groups is 1. The van der Waals surface area contributed by atoms with Gasteiger partial charge in [0, 0.05) is 13.1 Å². The summed E-state index contributed by atoms with van der Waals surface area (Å²) in [5, 5.41) is 11.3. The lowest BCUT2D eigenvalue weighted by atomic mass is 9.98. The molecule has 0 bridgehead atoms. The zero-order valence-corrected chi connectivity index (χ0v) is 12.1. The van der Waals surface area contributed by atoms with Gasteiger partial charge < -0.3 is 5.11 Å². The van der Waals surface area contributed by atoms with E-state index in [0.29, 0.717) is 10.0 Å². The first kappa shape index (κ1) is 14.1. The highest BCUT2D eigenvalue weighted by Crippen LogP contribution is 2.28.